The predicted octanol–water partition coefficient (Wildman–Crippen LogP) is 3.93. The highest BCUT2D eigenvalue weighted by atomic mass is 16.5. The maximum Gasteiger partial charge on any atom is 0.255 e. The SMILES string of the molecule is COc1cccc(-c2nn(Cc3ccccc3)cc2C(=O)NCc2cccnc2)c1. The highest BCUT2D eigenvalue weighted by molar-refractivity contribution is 5.99. The maximum atomic E-state index is 13.0. The molecule has 0 aliphatic carbocycles. The van der Waals surface area contributed by atoms with Crippen LogP contribution in [0.1, 0.15) is 21.5 Å². The van der Waals surface area contributed by atoms with Crippen LogP contribution in [0, 0.1) is 0 Å². The molecule has 0 spiro atoms. The summed E-state index contributed by atoms with van der Waals surface area (Å²) in [6.07, 6.45) is 5.24. The zero-order valence-corrected chi connectivity index (χ0v) is 16.7. The zero-order valence-electron chi connectivity index (χ0n) is 16.7. The number of carbonyl (C=O) groups is 1. The van der Waals surface area contributed by atoms with Gasteiger partial charge < -0.3 is 10.1 Å². The van der Waals surface area contributed by atoms with Crippen molar-refractivity contribution in [1.82, 2.24) is 20.1 Å². The van der Waals surface area contributed by atoms with Crippen LogP contribution in [-0.2, 0) is 13.1 Å². The fraction of sp³-hybridized carbons (Fsp3) is 0.125. The Kier molecular flexibility index (Phi) is 5.85. The van der Waals surface area contributed by atoms with Crippen molar-refractivity contribution in [3.8, 4) is 17.0 Å². The lowest BCUT2D eigenvalue weighted by atomic mass is 10.1. The van der Waals surface area contributed by atoms with Crippen molar-refractivity contribution >= 4 is 5.91 Å². The second-order valence-corrected chi connectivity index (χ2v) is 6.85. The van der Waals surface area contributed by atoms with E-state index in [1.54, 1.807) is 30.4 Å². The molecular weight excluding hydrogens is 376 g/mol. The van der Waals surface area contributed by atoms with Gasteiger partial charge in [0.25, 0.3) is 5.91 Å². The lowest BCUT2D eigenvalue weighted by Crippen LogP contribution is -2.23. The van der Waals surface area contributed by atoms with Gasteiger partial charge in [0, 0.05) is 30.7 Å². The molecule has 0 aliphatic heterocycles. The van der Waals surface area contributed by atoms with Crippen molar-refractivity contribution in [2.24, 2.45) is 0 Å². The molecule has 2 aromatic heterocycles. The second-order valence-electron chi connectivity index (χ2n) is 6.85. The van der Waals surface area contributed by atoms with Gasteiger partial charge in [-0.05, 0) is 29.3 Å². The first kappa shape index (κ1) is 19.4. The fourth-order valence-electron chi connectivity index (χ4n) is 3.20. The van der Waals surface area contributed by atoms with Crippen LogP contribution < -0.4 is 10.1 Å². The second kappa shape index (κ2) is 9.05. The van der Waals surface area contributed by atoms with E-state index in [1.165, 1.54) is 0 Å². The topological polar surface area (TPSA) is 69.0 Å². The standard InChI is InChI=1S/C24H22N4O2/c1-30-21-11-5-10-20(13-21)23-22(24(29)26-15-19-9-6-12-25-14-19)17-28(27-23)16-18-7-3-2-4-8-18/h2-14,17H,15-16H2,1H3,(H,26,29). The molecule has 2 aromatic carbocycles. The quantitative estimate of drug-likeness (QED) is 0.512. The Morgan fingerprint density at radius 1 is 1.03 bits per heavy atom. The van der Waals surface area contributed by atoms with E-state index in [0.717, 1.165) is 16.7 Å². The molecule has 1 amide bonds. The fourth-order valence-corrected chi connectivity index (χ4v) is 3.20. The van der Waals surface area contributed by atoms with Crippen LogP contribution in [0.2, 0.25) is 0 Å². The van der Waals surface area contributed by atoms with Crippen LogP contribution in [0.25, 0.3) is 11.3 Å². The van der Waals surface area contributed by atoms with E-state index in [-0.39, 0.29) is 5.91 Å². The summed E-state index contributed by atoms with van der Waals surface area (Å²) < 4.78 is 7.14. The zero-order chi connectivity index (χ0) is 20.8. The third kappa shape index (κ3) is 4.55. The number of pyridine rings is 1. The molecule has 0 bridgehead atoms. The number of hydrogen-bond acceptors (Lipinski definition) is 4. The van der Waals surface area contributed by atoms with Crippen molar-refractivity contribution in [1.29, 1.82) is 0 Å². The lowest BCUT2D eigenvalue weighted by Gasteiger charge is -2.06. The van der Waals surface area contributed by atoms with Crippen LogP contribution in [0.3, 0.4) is 0 Å². The monoisotopic (exact) mass is 398 g/mol. The molecule has 2 heterocycles. The number of nitrogens with one attached hydrogen (secondary N) is 1. The summed E-state index contributed by atoms with van der Waals surface area (Å²) in [7, 11) is 1.62. The molecule has 30 heavy (non-hydrogen) atoms. The molecule has 0 saturated heterocycles. The number of hydrogen-bond donors (Lipinski definition) is 1. The van der Waals surface area contributed by atoms with Gasteiger partial charge in [-0.1, -0.05) is 48.5 Å². The Morgan fingerprint density at radius 3 is 2.63 bits per heavy atom. The summed E-state index contributed by atoms with van der Waals surface area (Å²) in [6.45, 7) is 0.974. The van der Waals surface area contributed by atoms with Gasteiger partial charge in [0.1, 0.15) is 11.4 Å². The van der Waals surface area contributed by atoms with E-state index >= 15 is 0 Å². The van der Waals surface area contributed by atoms with Gasteiger partial charge in [0.05, 0.1) is 19.2 Å². The van der Waals surface area contributed by atoms with Crippen molar-refractivity contribution in [3.63, 3.8) is 0 Å². The summed E-state index contributed by atoms with van der Waals surface area (Å²) in [5.74, 6) is 0.530. The third-order valence-electron chi connectivity index (χ3n) is 4.71. The van der Waals surface area contributed by atoms with E-state index < -0.39 is 0 Å². The predicted molar refractivity (Wildman–Crippen MR) is 115 cm³/mol. The molecule has 0 aliphatic rings. The number of benzene rings is 2. The number of aromatic nitrogens is 3. The van der Waals surface area contributed by atoms with Gasteiger partial charge in [-0.2, -0.15) is 5.10 Å². The maximum absolute atomic E-state index is 13.0. The smallest absolute Gasteiger partial charge is 0.255 e. The number of carbonyl (C=O) groups excluding carboxylic acids is 1. The molecule has 6 nitrogen and oxygen atoms in total. The molecule has 0 atom stereocenters. The van der Waals surface area contributed by atoms with Gasteiger partial charge in [0.2, 0.25) is 0 Å². The Balaban J connectivity index is 1.64. The summed E-state index contributed by atoms with van der Waals surface area (Å²) in [6, 6.07) is 21.4. The van der Waals surface area contributed by atoms with Crippen LogP contribution in [0.15, 0.2) is 85.3 Å². The Bertz CT molecular complexity index is 1120. The molecular formula is C24H22N4O2. The van der Waals surface area contributed by atoms with Gasteiger partial charge in [-0.25, -0.2) is 0 Å². The molecule has 0 saturated carbocycles. The molecule has 6 heteroatoms. The van der Waals surface area contributed by atoms with Crippen LogP contribution >= 0.6 is 0 Å². The lowest BCUT2D eigenvalue weighted by molar-refractivity contribution is 0.0951. The number of amides is 1. The Labute approximate surface area is 175 Å². The van der Waals surface area contributed by atoms with Crippen LogP contribution in [-0.4, -0.2) is 27.8 Å². The number of nitrogens with zero attached hydrogens (tertiary/aromatic N) is 3. The molecule has 0 unspecified atom stereocenters. The molecule has 1 N–H and O–H groups in total. The van der Waals surface area contributed by atoms with Crippen molar-refractivity contribution < 1.29 is 9.53 Å². The summed E-state index contributed by atoms with van der Waals surface area (Å²) >= 11 is 0. The van der Waals surface area contributed by atoms with E-state index in [1.807, 2.05) is 66.7 Å². The highest BCUT2D eigenvalue weighted by Gasteiger charge is 2.18. The molecule has 0 fully saturated rings. The van der Waals surface area contributed by atoms with Crippen molar-refractivity contribution in [2.45, 2.75) is 13.1 Å². The van der Waals surface area contributed by atoms with Gasteiger partial charge in [0.15, 0.2) is 0 Å². The minimum absolute atomic E-state index is 0.184. The molecule has 150 valence electrons. The normalized spacial score (nSPS) is 10.6. The van der Waals surface area contributed by atoms with E-state index in [4.69, 9.17) is 9.84 Å². The highest BCUT2D eigenvalue weighted by Crippen LogP contribution is 2.26. The van der Waals surface area contributed by atoms with Crippen LogP contribution in [0.5, 0.6) is 5.75 Å². The average Bonchev–Trinajstić information content (AvgIpc) is 3.23. The number of methoxy groups -OCH3 is 1. The summed E-state index contributed by atoms with van der Waals surface area (Å²) in [4.78, 5) is 17.1. The van der Waals surface area contributed by atoms with E-state index in [2.05, 4.69) is 10.3 Å². The van der Waals surface area contributed by atoms with Gasteiger partial charge >= 0.3 is 0 Å². The molecule has 4 rings (SSSR count). The van der Waals surface area contributed by atoms with E-state index in [0.29, 0.717) is 30.1 Å². The first-order chi connectivity index (χ1) is 14.7. The van der Waals surface area contributed by atoms with Gasteiger partial charge in [-0.3, -0.25) is 14.5 Å². The third-order valence-corrected chi connectivity index (χ3v) is 4.71. The Morgan fingerprint density at radius 2 is 1.87 bits per heavy atom. The van der Waals surface area contributed by atoms with E-state index in [9.17, 15) is 4.79 Å². The van der Waals surface area contributed by atoms with Crippen molar-refractivity contribution in [2.75, 3.05) is 7.11 Å². The molecule has 0 radical (unpaired) electrons. The van der Waals surface area contributed by atoms with Gasteiger partial charge in [-0.15, -0.1) is 0 Å². The Hall–Kier alpha value is -3.93. The first-order valence-electron chi connectivity index (χ1n) is 9.66. The molecule has 4 aromatic rings. The number of rotatable bonds is 7. The minimum Gasteiger partial charge on any atom is -0.497 e. The number of ether oxygens (including phenoxy) is 1. The van der Waals surface area contributed by atoms with Crippen molar-refractivity contribution in [3.05, 3.63) is 102 Å². The average molecular weight is 398 g/mol. The summed E-state index contributed by atoms with van der Waals surface area (Å²) in [5, 5.41) is 7.68. The largest absolute Gasteiger partial charge is 0.497 e. The summed E-state index contributed by atoms with van der Waals surface area (Å²) in [5.41, 5.74) is 4.01. The minimum atomic E-state index is -0.184. The van der Waals surface area contributed by atoms with Crippen LogP contribution in [0.4, 0.5) is 0 Å². The first-order valence-corrected chi connectivity index (χ1v) is 9.66.